The third-order valence-corrected chi connectivity index (χ3v) is 4.08. The van der Waals surface area contributed by atoms with E-state index in [2.05, 4.69) is 56.6 Å². The molecule has 0 saturated carbocycles. The number of rotatable bonds is 2. The molecule has 1 aliphatic rings. The second-order valence-electron chi connectivity index (χ2n) is 5.07. The molecule has 1 atom stereocenters. The summed E-state index contributed by atoms with van der Waals surface area (Å²) in [4.78, 5) is 4.84. The van der Waals surface area contributed by atoms with Gasteiger partial charge in [-0.3, -0.25) is 0 Å². The Balaban J connectivity index is 2.02. The van der Waals surface area contributed by atoms with Crippen molar-refractivity contribution in [2.45, 2.75) is 0 Å². The molecule has 1 fully saturated rings. The number of fused-ring (bicyclic) bond motifs is 1. The summed E-state index contributed by atoms with van der Waals surface area (Å²) in [7, 11) is 4.49. The van der Waals surface area contributed by atoms with Gasteiger partial charge in [-0.05, 0) is 30.6 Å². The minimum absolute atomic E-state index is 0.888. The van der Waals surface area contributed by atoms with Crippen molar-refractivity contribution in [3.8, 4) is 5.75 Å². The second kappa shape index (κ2) is 5.36. The minimum Gasteiger partial charge on any atom is -0.480 e. The predicted molar refractivity (Wildman–Crippen MR) is 84.0 cm³/mol. The largest absolute Gasteiger partial charge is 0.480 e. The van der Waals surface area contributed by atoms with E-state index in [1.54, 1.807) is 0 Å². The standard InChI is InChI=1S/C15H19N2OP/c1-16-7-9-17(10-8-16)15-4-2-3-12-5-6-13(18-19)11-14(12)15/h2-6,11H,7-10,19H2,1H3. The predicted octanol–water partition coefficient (Wildman–Crippen LogP) is 2.76. The SMILES string of the molecule is CN1CCN(c2cccc3ccc(OP)cc23)CC1. The quantitative estimate of drug-likeness (QED) is 0.783. The van der Waals surface area contributed by atoms with Crippen LogP contribution in [0.25, 0.3) is 10.8 Å². The molecule has 1 unspecified atom stereocenters. The fourth-order valence-corrected chi connectivity index (χ4v) is 2.78. The van der Waals surface area contributed by atoms with Crippen LogP contribution < -0.4 is 9.42 Å². The third-order valence-electron chi connectivity index (χ3n) is 3.81. The smallest absolute Gasteiger partial charge is 0.123 e. The van der Waals surface area contributed by atoms with Gasteiger partial charge in [0.2, 0.25) is 0 Å². The number of nitrogens with zero attached hydrogens (tertiary/aromatic N) is 2. The average Bonchev–Trinajstić information content (AvgIpc) is 2.47. The maximum absolute atomic E-state index is 5.27. The first-order valence-corrected chi connectivity index (χ1v) is 7.08. The van der Waals surface area contributed by atoms with E-state index in [-0.39, 0.29) is 0 Å². The van der Waals surface area contributed by atoms with Crippen LogP contribution in [0.15, 0.2) is 36.4 Å². The lowest BCUT2D eigenvalue weighted by Crippen LogP contribution is -2.44. The normalized spacial score (nSPS) is 16.8. The summed E-state index contributed by atoms with van der Waals surface area (Å²) in [6, 6.07) is 12.7. The number of hydrogen-bond donors (Lipinski definition) is 0. The van der Waals surface area contributed by atoms with Crippen molar-refractivity contribution in [1.29, 1.82) is 0 Å². The van der Waals surface area contributed by atoms with Crippen LogP contribution in [0.1, 0.15) is 0 Å². The molecule has 3 rings (SSSR count). The molecular formula is C15H19N2OP. The monoisotopic (exact) mass is 274 g/mol. The maximum atomic E-state index is 5.27. The van der Waals surface area contributed by atoms with Crippen LogP contribution in [0.5, 0.6) is 5.75 Å². The molecular weight excluding hydrogens is 255 g/mol. The molecule has 0 spiro atoms. The summed E-state index contributed by atoms with van der Waals surface area (Å²) in [5.74, 6) is 0.888. The first-order chi connectivity index (χ1) is 9.28. The Hall–Kier alpha value is -1.31. The zero-order chi connectivity index (χ0) is 13.2. The van der Waals surface area contributed by atoms with Crippen LogP contribution in [-0.2, 0) is 0 Å². The summed E-state index contributed by atoms with van der Waals surface area (Å²) < 4.78 is 5.27. The first kappa shape index (κ1) is 12.7. The Morgan fingerprint density at radius 2 is 1.84 bits per heavy atom. The minimum atomic E-state index is 0.888. The van der Waals surface area contributed by atoms with Crippen molar-refractivity contribution >= 4 is 25.9 Å². The van der Waals surface area contributed by atoms with E-state index in [0.29, 0.717) is 0 Å². The van der Waals surface area contributed by atoms with E-state index in [4.69, 9.17) is 4.52 Å². The van der Waals surface area contributed by atoms with Crippen LogP contribution in [0.3, 0.4) is 0 Å². The summed E-state index contributed by atoms with van der Waals surface area (Å²) in [5.41, 5.74) is 1.31. The zero-order valence-electron chi connectivity index (χ0n) is 11.2. The van der Waals surface area contributed by atoms with Gasteiger partial charge in [0.1, 0.15) is 5.75 Å². The van der Waals surface area contributed by atoms with Crippen LogP contribution in [-0.4, -0.2) is 38.1 Å². The fourth-order valence-electron chi connectivity index (χ4n) is 2.63. The van der Waals surface area contributed by atoms with E-state index in [1.807, 2.05) is 6.07 Å². The molecule has 0 aromatic heterocycles. The molecule has 3 nitrogen and oxygen atoms in total. The average molecular weight is 274 g/mol. The highest BCUT2D eigenvalue weighted by Crippen LogP contribution is 2.31. The van der Waals surface area contributed by atoms with Gasteiger partial charge in [-0.25, -0.2) is 0 Å². The van der Waals surface area contributed by atoms with Crippen molar-refractivity contribution in [3.05, 3.63) is 36.4 Å². The lowest BCUT2D eigenvalue weighted by Gasteiger charge is -2.34. The molecule has 1 saturated heterocycles. The highest BCUT2D eigenvalue weighted by atomic mass is 31.0. The Morgan fingerprint density at radius 1 is 1.05 bits per heavy atom. The summed E-state index contributed by atoms with van der Waals surface area (Å²) in [5, 5.41) is 2.54. The molecule has 2 aromatic rings. The van der Waals surface area contributed by atoms with E-state index in [1.165, 1.54) is 16.5 Å². The zero-order valence-corrected chi connectivity index (χ0v) is 12.3. The van der Waals surface area contributed by atoms with Gasteiger partial charge in [-0.15, -0.1) is 0 Å². The van der Waals surface area contributed by atoms with Crippen LogP contribution >= 0.6 is 9.47 Å². The summed E-state index contributed by atoms with van der Waals surface area (Å²) in [6.07, 6.45) is 0. The van der Waals surface area contributed by atoms with Crippen molar-refractivity contribution in [2.24, 2.45) is 0 Å². The van der Waals surface area contributed by atoms with Crippen LogP contribution in [0, 0.1) is 0 Å². The van der Waals surface area contributed by atoms with Gasteiger partial charge in [0.15, 0.2) is 0 Å². The molecule has 4 heteroatoms. The van der Waals surface area contributed by atoms with Crippen molar-refractivity contribution < 1.29 is 4.52 Å². The molecule has 0 N–H and O–H groups in total. The van der Waals surface area contributed by atoms with E-state index in [0.717, 1.165) is 31.9 Å². The molecule has 0 amide bonds. The van der Waals surface area contributed by atoms with Gasteiger partial charge in [0.25, 0.3) is 0 Å². The van der Waals surface area contributed by atoms with Crippen molar-refractivity contribution in [3.63, 3.8) is 0 Å². The Labute approximate surface area is 116 Å². The number of benzene rings is 2. The number of hydrogen-bond acceptors (Lipinski definition) is 3. The fraction of sp³-hybridized carbons (Fsp3) is 0.333. The number of likely N-dealkylation sites (N-methyl/N-ethyl adjacent to an activating group) is 1. The molecule has 0 aliphatic carbocycles. The van der Waals surface area contributed by atoms with Gasteiger partial charge in [0.05, 0.1) is 9.47 Å². The summed E-state index contributed by atoms with van der Waals surface area (Å²) in [6.45, 7) is 4.41. The van der Waals surface area contributed by atoms with Gasteiger partial charge in [-0.2, -0.15) is 0 Å². The highest BCUT2D eigenvalue weighted by Gasteiger charge is 2.16. The van der Waals surface area contributed by atoms with Crippen LogP contribution in [0.4, 0.5) is 5.69 Å². The Bertz CT molecular complexity index is 579. The highest BCUT2D eigenvalue weighted by molar-refractivity contribution is 7.10. The molecule has 0 bridgehead atoms. The molecule has 1 heterocycles. The second-order valence-corrected chi connectivity index (χ2v) is 5.30. The molecule has 19 heavy (non-hydrogen) atoms. The van der Waals surface area contributed by atoms with Gasteiger partial charge < -0.3 is 14.3 Å². The lowest BCUT2D eigenvalue weighted by atomic mass is 10.1. The number of anilines is 1. The molecule has 1 aliphatic heterocycles. The molecule has 100 valence electrons. The number of piperazine rings is 1. The Kier molecular flexibility index (Phi) is 3.58. The van der Waals surface area contributed by atoms with Crippen LogP contribution in [0.2, 0.25) is 0 Å². The summed E-state index contributed by atoms with van der Waals surface area (Å²) >= 11 is 0. The lowest BCUT2D eigenvalue weighted by molar-refractivity contribution is 0.313. The first-order valence-electron chi connectivity index (χ1n) is 6.61. The third kappa shape index (κ3) is 2.54. The van der Waals surface area contributed by atoms with E-state index < -0.39 is 0 Å². The molecule has 0 radical (unpaired) electrons. The topological polar surface area (TPSA) is 15.7 Å². The van der Waals surface area contributed by atoms with E-state index in [9.17, 15) is 0 Å². The Morgan fingerprint density at radius 3 is 2.58 bits per heavy atom. The van der Waals surface area contributed by atoms with Gasteiger partial charge >= 0.3 is 0 Å². The van der Waals surface area contributed by atoms with Crippen molar-refractivity contribution in [1.82, 2.24) is 4.90 Å². The maximum Gasteiger partial charge on any atom is 0.123 e. The van der Waals surface area contributed by atoms with E-state index >= 15 is 0 Å². The van der Waals surface area contributed by atoms with Crippen molar-refractivity contribution in [2.75, 3.05) is 38.1 Å². The van der Waals surface area contributed by atoms with Gasteiger partial charge in [-0.1, -0.05) is 18.2 Å². The molecule has 2 aromatic carbocycles. The van der Waals surface area contributed by atoms with Gasteiger partial charge in [0, 0.05) is 37.3 Å².